The quantitative estimate of drug-likeness (QED) is 0.872. The molecule has 0 fully saturated rings. The third-order valence-corrected chi connectivity index (χ3v) is 4.10. The summed E-state index contributed by atoms with van der Waals surface area (Å²) in [7, 11) is 0. The average molecular weight is 344 g/mol. The fourth-order valence-corrected chi connectivity index (χ4v) is 2.56. The summed E-state index contributed by atoms with van der Waals surface area (Å²) in [5, 5.41) is 14.1. The number of halogens is 2. The van der Waals surface area contributed by atoms with Crippen molar-refractivity contribution in [2.24, 2.45) is 0 Å². The van der Waals surface area contributed by atoms with Gasteiger partial charge in [0.2, 0.25) is 0 Å². The Bertz CT molecular complexity index is 574. The molecule has 19 heavy (non-hydrogen) atoms. The first-order chi connectivity index (χ1) is 9.08. The number of nitrogens with one attached hydrogen (secondary N) is 1. The number of rotatable bonds is 5. The Hall–Kier alpha value is -1.24. The lowest BCUT2D eigenvalue weighted by molar-refractivity contribution is -0.139. The zero-order chi connectivity index (χ0) is 13.8. The van der Waals surface area contributed by atoms with Gasteiger partial charge in [0, 0.05) is 11.4 Å². The molecule has 1 aromatic carbocycles. The third kappa shape index (κ3) is 3.62. The first kappa shape index (κ1) is 14.2. The first-order valence-corrected chi connectivity index (χ1v) is 7.18. The predicted molar refractivity (Wildman–Crippen MR) is 75.6 cm³/mol. The van der Waals surface area contributed by atoms with Gasteiger partial charge >= 0.3 is 5.97 Å². The minimum absolute atomic E-state index is 0.318. The van der Waals surface area contributed by atoms with Crippen molar-refractivity contribution < 1.29 is 14.3 Å². The summed E-state index contributed by atoms with van der Waals surface area (Å²) in [5.74, 6) is -1.50. The Labute approximate surface area is 122 Å². The molecule has 0 saturated heterocycles. The monoisotopic (exact) mass is 343 g/mol. The summed E-state index contributed by atoms with van der Waals surface area (Å²) in [5.41, 5.74) is 0.393. The lowest BCUT2D eigenvalue weighted by atomic mass is 10.1. The van der Waals surface area contributed by atoms with Crippen LogP contribution in [0.25, 0.3) is 0 Å². The second kappa shape index (κ2) is 6.27. The van der Waals surface area contributed by atoms with Gasteiger partial charge in [-0.2, -0.15) is 0 Å². The maximum atomic E-state index is 13.5. The highest BCUT2D eigenvalue weighted by Gasteiger charge is 2.20. The number of benzene rings is 1. The van der Waals surface area contributed by atoms with Crippen LogP contribution in [0.15, 0.2) is 40.2 Å². The summed E-state index contributed by atoms with van der Waals surface area (Å²) in [6, 6.07) is 7.21. The van der Waals surface area contributed by atoms with E-state index >= 15 is 0 Å². The number of carboxylic acid groups (broad SMARTS) is 1. The Balaban J connectivity index is 2.15. The molecule has 0 aliphatic rings. The lowest BCUT2D eigenvalue weighted by Crippen LogP contribution is -2.27. The molecule has 0 aliphatic heterocycles. The highest BCUT2D eigenvalue weighted by atomic mass is 79.9. The van der Waals surface area contributed by atoms with Crippen LogP contribution in [0.4, 0.5) is 4.39 Å². The van der Waals surface area contributed by atoms with Crippen LogP contribution in [-0.4, -0.2) is 11.1 Å². The van der Waals surface area contributed by atoms with E-state index < -0.39 is 17.8 Å². The summed E-state index contributed by atoms with van der Waals surface area (Å²) in [4.78, 5) is 12.3. The van der Waals surface area contributed by atoms with Crippen LogP contribution in [0.2, 0.25) is 0 Å². The number of hydrogen-bond acceptors (Lipinski definition) is 3. The van der Waals surface area contributed by atoms with Crippen LogP contribution in [0.3, 0.4) is 0 Å². The van der Waals surface area contributed by atoms with E-state index in [1.807, 2.05) is 17.5 Å². The number of carboxylic acids is 1. The molecule has 0 aliphatic carbocycles. The van der Waals surface area contributed by atoms with Crippen molar-refractivity contribution in [1.82, 2.24) is 5.32 Å². The van der Waals surface area contributed by atoms with Gasteiger partial charge in [-0.25, -0.2) is 4.39 Å². The van der Waals surface area contributed by atoms with E-state index in [2.05, 4.69) is 21.2 Å². The molecule has 0 radical (unpaired) electrons. The molecule has 2 aromatic rings. The molecule has 1 aromatic heterocycles. The Morgan fingerprint density at radius 1 is 1.47 bits per heavy atom. The van der Waals surface area contributed by atoms with Crippen molar-refractivity contribution in [3.05, 3.63) is 56.4 Å². The molecule has 100 valence electrons. The molecule has 1 unspecified atom stereocenters. The van der Waals surface area contributed by atoms with Gasteiger partial charge in [0.25, 0.3) is 0 Å². The van der Waals surface area contributed by atoms with Crippen molar-refractivity contribution in [3.63, 3.8) is 0 Å². The number of thiophene rings is 1. The van der Waals surface area contributed by atoms with Gasteiger partial charge in [0.1, 0.15) is 11.9 Å². The van der Waals surface area contributed by atoms with Crippen LogP contribution < -0.4 is 5.32 Å². The zero-order valence-corrected chi connectivity index (χ0v) is 12.2. The lowest BCUT2D eigenvalue weighted by Gasteiger charge is -2.14. The SMILES string of the molecule is O=C(O)C(NCc1cccs1)c1ccc(Br)c(F)c1. The van der Waals surface area contributed by atoms with Crippen molar-refractivity contribution in [2.45, 2.75) is 12.6 Å². The predicted octanol–water partition coefficient (Wildman–Crippen LogP) is 3.57. The van der Waals surface area contributed by atoms with Gasteiger partial charge in [0.05, 0.1) is 4.47 Å². The standard InChI is InChI=1S/C13H11BrFNO2S/c14-10-4-3-8(6-11(10)15)12(13(17)18)16-7-9-2-1-5-19-9/h1-6,12,16H,7H2,(H,17,18). The highest BCUT2D eigenvalue weighted by molar-refractivity contribution is 9.10. The fraction of sp³-hybridized carbons (Fsp3) is 0.154. The minimum Gasteiger partial charge on any atom is -0.480 e. The van der Waals surface area contributed by atoms with Gasteiger partial charge < -0.3 is 5.11 Å². The minimum atomic E-state index is -1.03. The summed E-state index contributed by atoms with van der Waals surface area (Å²) in [6.07, 6.45) is 0. The largest absolute Gasteiger partial charge is 0.480 e. The first-order valence-electron chi connectivity index (χ1n) is 5.51. The molecule has 0 saturated carbocycles. The fourth-order valence-electron chi connectivity index (χ4n) is 1.66. The van der Waals surface area contributed by atoms with Crippen molar-refractivity contribution >= 4 is 33.2 Å². The summed E-state index contributed by atoms with van der Waals surface area (Å²) >= 11 is 4.59. The van der Waals surface area contributed by atoms with Gasteiger partial charge in [0.15, 0.2) is 0 Å². The van der Waals surface area contributed by atoms with E-state index in [4.69, 9.17) is 0 Å². The summed E-state index contributed by atoms with van der Waals surface area (Å²) < 4.78 is 13.8. The zero-order valence-electron chi connectivity index (χ0n) is 9.77. The van der Waals surface area contributed by atoms with Crippen LogP contribution in [0, 0.1) is 5.82 Å². The molecule has 3 nitrogen and oxygen atoms in total. The molecule has 1 atom stereocenters. The second-order valence-electron chi connectivity index (χ2n) is 3.91. The highest BCUT2D eigenvalue weighted by Crippen LogP contribution is 2.21. The maximum Gasteiger partial charge on any atom is 0.325 e. The van der Waals surface area contributed by atoms with Crippen LogP contribution >= 0.6 is 27.3 Å². The van der Waals surface area contributed by atoms with Crippen molar-refractivity contribution in [3.8, 4) is 0 Å². The van der Waals surface area contributed by atoms with Crippen LogP contribution in [-0.2, 0) is 11.3 Å². The van der Waals surface area contributed by atoms with Gasteiger partial charge in [-0.3, -0.25) is 10.1 Å². The Morgan fingerprint density at radius 3 is 2.84 bits per heavy atom. The Kier molecular flexibility index (Phi) is 4.68. The van der Waals surface area contributed by atoms with E-state index in [1.165, 1.54) is 12.1 Å². The van der Waals surface area contributed by atoms with E-state index in [9.17, 15) is 14.3 Å². The van der Waals surface area contributed by atoms with Crippen LogP contribution in [0.1, 0.15) is 16.5 Å². The Morgan fingerprint density at radius 2 is 2.26 bits per heavy atom. The normalized spacial score (nSPS) is 12.3. The second-order valence-corrected chi connectivity index (χ2v) is 5.79. The van der Waals surface area contributed by atoms with E-state index in [0.717, 1.165) is 4.88 Å². The molecule has 2 N–H and O–H groups in total. The maximum absolute atomic E-state index is 13.5. The van der Waals surface area contributed by atoms with Crippen LogP contribution in [0.5, 0.6) is 0 Å². The van der Waals surface area contributed by atoms with E-state index in [1.54, 1.807) is 17.4 Å². The van der Waals surface area contributed by atoms with Gasteiger partial charge in [-0.15, -0.1) is 11.3 Å². The number of carbonyl (C=O) groups is 1. The van der Waals surface area contributed by atoms with Crippen molar-refractivity contribution in [2.75, 3.05) is 0 Å². The molecule has 0 spiro atoms. The van der Waals surface area contributed by atoms with E-state index in [0.29, 0.717) is 16.6 Å². The van der Waals surface area contributed by atoms with Gasteiger partial charge in [-0.05, 0) is 45.1 Å². The topological polar surface area (TPSA) is 49.3 Å². The molecule has 0 bridgehead atoms. The molecule has 0 amide bonds. The average Bonchev–Trinajstić information content (AvgIpc) is 2.86. The number of aliphatic carboxylic acids is 1. The smallest absolute Gasteiger partial charge is 0.325 e. The van der Waals surface area contributed by atoms with Crippen molar-refractivity contribution in [1.29, 1.82) is 0 Å². The molecular formula is C13H11BrFNO2S. The van der Waals surface area contributed by atoms with E-state index in [-0.39, 0.29) is 0 Å². The van der Waals surface area contributed by atoms with Gasteiger partial charge in [-0.1, -0.05) is 12.1 Å². The molecular weight excluding hydrogens is 333 g/mol. The summed E-state index contributed by atoms with van der Waals surface area (Å²) in [6.45, 7) is 0.437. The number of hydrogen-bond donors (Lipinski definition) is 2. The molecule has 6 heteroatoms. The third-order valence-electron chi connectivity index (χ3n) is 2.58. The molecule has 2 rings (SSSR count). The molecule has 1 heterocycles.